The van der Waals surface area contributed by atoms with Gasteiger partial charge in [-0.3, -0.25) is 9.59 Å². The van der Waals surface area contributed by atoms with E-state index in [1.54, 1.807) is 18.2 Å². The summed E-state index contributed by atoms with van der Waals surface area (Å²) in [7, 11) is 0. The van der Waals surface area contributed by atoms with E-state index in [2.05, 4.69) is 0 Å². The molecule has 0 spiro atoms. The predicted molar refractivity (Wildman–Crippen MR) is 93.1 cm³/mol. The number of aryl methyl sites for hydroxylation is 1. The molecule has 0 aromatic heterocycles. The highest BCUT2D eigenvalue weighted by atomic mass is 35.5. The average Bonchev–Trinajstić information content (AvgIpc) is 2.56. The summed E-state index contributed by atoms with van der Waals surface area (Å²) in [5.41, 5.74) is 0.846. The van der Waals surface area contributed by atoms with Gasteiger partial charge in [-0.2, -0.15) is 0 Å². The number of halogens is 1. The second kappa shape index (κ2) is 8.52. The molecule has 1 aliphatic rings. The van der Waals surface area contributed by atoms with Gasteiger partial charge in [-0.25, -0.2) is 0 Å². The Kier molecular flexibility index (Phi) is 6.67. The molecule has 0 N–H and O–H groups in total. The van der Waals surface area contributed by atoms with Gasteiger partial charge in [0.05, 0.1) is 18.4 Å². The van der Waals surface area contributed by atoms with Crippen molar-refractivity contribution >= 4 is 23.5 Å². The van der Waals surface area contributed by atoms with Gasteiger partial charge in [-0.15, -0.1) is 0 Å². The highest BCUT2D eigenvalue weighted by molar-refractivity contribution is 6.31. The van der Waals surface area contributed by atoms with Crippen LogP contribution in [-0.4, -0.2) is 18.5 Å². The van der Waals surface area contributed by atoms with Crippen molar-refractivity contribution in [1.82, 2.24) is 0 Å². The maximum Gasteiger partial charge on any atom is 0.315 e. The zero-order chi connectivity index (χ0) is 17.7. The molecular weight excluding hydrogens is 328 g/mol. The van der Waals surface area contributed by atoms with E-state index < -0.39 is 11.8 Å². The lowest BCUT2D eigenvalue weighted by molar-refractivity contribution is -0.159. The molecule has 0 saturated heterocycles. The molecule has 2 rings (SSSR count). The normalized spacial score (nSPS) is 20.7. The minimum absolute atomic E-state index is 0.278. The molecule has 1 aliphatic carbocycles. The van der Waals surface area contributed by atoms with E-state index in [4.69, 9.17) is 21.1 Å². The maximum absolute atomic E-state index is 12.6. The predicted octanol–water partition coefficient (Wildman–Crippen LogP) is 4.56. The van der Waals surface area contributed by atoms with Crippen molar-refractivity contribution in [2.75, 3.05) is 6.61 Å². The highest BCUT2D eigenvalue weighted by Crippen LogP contribution is 2.33. The van der Waals surface area contributed by atoms with Gasteiger partial charge in [0.15, 0.2) is 0 Å². The molecule has 0 aliphatic heterocycles. The van der Waals surface area contributed by atoms with Crippen LogP contribution in [0.2, 0.25) is 5.02 Å². The summed E-state index contributed by atoms with van der Waals surface area (Å²) < 4.78 is 10.8. The SMILES string of the molecule is Cc1cc(OC(=O)C2CCCCC2C(=O)OCC(C)C)ccc1Cl. The van der Waals surface area contributed by atoms with Gasteiger partial charge in [0.25, 0.3) is 0 Å². The smallest absolute Gasteiger partial charge is 0.315 e. The second-order valence-electron chi connectivity index (χ2n) is 6.85. The summed E-state index contributed by atoms with van der Waals surface area (Å²) in [5, 5.41) is 0.627. The number of ether oxygens (including phenoxy) is 2. The Morgan fingerprint density at radius 1 is 1.17 bits per heavy atom. The van der Waals surface area contributed by atoms with Gasteiger partial charge in [0.1, 0.15) is 5.75 Å². The summed E-state index contributed by atoms with van der Waals surface area (Å²) in [6, 6.07) is 5.10. The fourth-order valence-corrected chi connectivity index (χ4v) is 3.04. The minimum Gasteiger partial charge on any atom is -0.465 e. The van der Waals surface area contributed by atoms with Crippen LogP contribution in [0, 0.1) is 24.7 Å². The van der Waals surface area contributed by atoms with Crippen LogP contribution in [0.5, 0.6) is 5.75 Å². The third-order valence-corrected chi connectivity index (χ3v) is 4.70. The molecule has 0 amide bonds. The molecule has 2 unspecified atom stereocenters. The number of carbonyl (C=O) groups is 2. The van der Waals surface area contributed by atoms with Crippen molar-refractivity contribution in [1.29, 1.82) is 0 Å². The largest absolute Gasteiger partial charge is 0.465 e. The van der Waals surface area contributed by atoms with Crippen molar-refractivity contribution in [2.45, 2.75) is 46.5 Å². The Balaban J connectivity index is 2.04. The molecule has 1 aromatic rings. The van der Waals surface area contributed by atoms with Crippen LogP contribution < -0.4 is 4.74 Å². The van der Waals surface area contributed by atoms with Crippen LogP contribution in [0.25, 0.3) is 0 Å². The maximum atomic E-state index is 12.6. The van der Waals surface area contributed by atoms with E-state index in [9.17, 15) is 9.59 Å². The third kappa shape index (κ3) is 4.97. The van der Waals surface area contributed by atoms with Crippen molar-refractivity contribution in [3.63, 3.8) is 0 Å². The van der Waals surface area contributed by atoms with Gasteiger partial charge < -0.3 is 9.47 Å². The number of benzene rings is 1. The van der Waals surface area contributed by atoms with E-state index in [0.29, 0.717) is 30.2 Å². The lowest BCUT2D eigenvalue weighted by atomic mass is 9.79. The Hall–Kier alpha value is -1.55. The van der Waals surface area contributed by atoms with Crippen LogP contribution in [0.1, 0.15) is 45.1 Å². The molecule has 5 heteroatoms. The monoisotopic (exact) mass is 352 g/mol. The molecular formula is C19H25ClO4. The van der Waals surface area contributed by atoms with Gasteiger partial charge >= 0.3 is 11.9 Å². The number of esters is 2. The minimum atomic E-state index is -0.436. The van der Waals surface area contributed by atoms with E-state index >= 15 is 0 Å². The molecule has 0 bridgehead atoms. The quantitative estimate of drug-likeness (QED) is 0.575. The van der Waals surface area contributed by atoms with E-state index in [1.165, 1.54) is 0 Å². The molecule has 1 saturated carbocycles. The average molecular weight is 353 g/mol. The molecule has 0 radical (unpaired) electrons. The lowest BCUT2D eigenvalue weighted by Gasteiger charge is -2.28. The third-order valence-electron chi connectivity index (χ3n) is 4.28. The van der Waals surface area contributed by atoms with Crippen LogP contribution in [0.4, 0.5) is 0 Å². The fourth-order valence-electron chi connectivity index (χ4n) is 2.92. The first-order chi connectivity index (χ1) is 11.4. The fraction of sp³-hybridized carbons (Fsp3) is 0.579. The van der Waals surface area contributed by atoms with Crippen LogP contribution >= 0.6 is 11.6 Å². The topological polar surface area (TPSA) is 52.6 Å². The standard InChI is InChI=1S/C19H25ClO4/c1-12(2)11-23-18(21)15-6-4-5-7-16(15)19(22)24-14-8-9-17(20)13(3)10-14/h8-10,12,15-16H,4-7,11H2,1-3H3. The number of hydrogen-bond acceptors (Lipinski definition) is 4. The highest BCUT2D eigenvalue weighted by Gasteiger charge is 2.38. The van der Waals surface area contributed by atoms with Gasteiger partial charge in [0.2, 0.25) is 0 Å². The zero-order valence-corrected chi connectivity index (χ0v) is 15.3. The summed E-state index contributed by atoms with van der Waals surface area (Å²) in [5.74, 6) is -0.741. The lowest BCUT2D eigenvalue weighted by Crippen LogP contribution is -2.36. The zero-order valence-electron chi connectivity index (χ0n) is 14.5. The van der Waals surface area contributed by atoms with Gasteiger partial charge in [0, 0.05) is 5.02 Å². The molecule has 1 fully saturated rings. The summed E-state index contributed by atoms with van der Waals surface area (Å²) in [6.07, 6.45) is 3.20. The molecule has 24 heavy (non-hydrogen) atoms. The van der Waals surface area contributed by atoms with Crippen molar-refractivity contribution in [3.8, 4) is 5.75 Å². The van der Waals surface area contributed by atoms with Gasteiger partial charge in [-0.1, -0.05) is 38.3 Å². The summed E-state index contributed by atoms with van der Waals surface area (Å²) >= 11 is 5.99. The van der Waals surface area contributed by atoms with Gasteiger partial charge in [-0.05, 0) is 49.4 Å². The number of carbonyl (C=O) groups excluding carboxylic acids is 2. The van der Waals surface area contributed by atoms with E-state index in [-0.39, 0.29) is 17.9 Å². The first-order valence-corrected chi connectivity index (χ1v) is 8.90. The Morgan fingerprint density at radius 2 is 1.79 bits per heavy atom. The molecule has 0 heterocycles. The Labute approximate surface area is 148 Å². The van der Waals surface area contributed by atoms with Crippen LogP contribution in [0.15, 0.2) is 18.2 Å². The van der Waals surface area contributed by atoms with Crippen molar-refractivity contribution in [3.05, 3.63) is 28.8 Å². The Morgan fingerprint density at radius 3 is 2.38 bits per heavy atom. The Bertz CT molecular complexity index is 597. The van der Waals surface area contributed by atoms with Crippen molar-refractivity contribution in [2.24, 2.45) is 17.8 Å². The summed E-state index contributed by atoms with van der Waals surface area (Å²) in [6.45, 7) is 6.21. The first-order valence-electron chi connectivity index (χ1n) is 8.53. The van der Waals surface area contributed by atoms with E-state index in [0.717, 1.165) is 18.4 Å². The molecule has 1 aromatic carbocycles. The molecule has 4 nitrogen and oxygen atoms in total. The number of hydrogen-bond donors (Lipinski definition) is 0. The van der Waals surface area contributed by atoms with E-state index in [1.807, 2.05) is 20.8 Å². The summed E-state index contributed by atoms with van der Waals surface area (Å²) in [4.78, 5) is 24.9. The van der Waals surface area contributed by atoms with Crippen molar-refractivity contribution < 1.29 is 19.1 Å². The van der Waals surface area contributed by atoms with Crippen LogP contribution in [0.3, 0.4) is 0 Å². The van der Waals surface area contributed by atoms with Crippen LogP contribution in [-0.2, 0) is 14.3 Å². The molecule has 132 valence electrons. The number of rotatable bonds is 5. The first kappa shape index (κ1) is 18.8. The molecule has 2 atom stereocenters. The second-order valence-corrected chi connectivity index (χ2v) is 7.26.